The van der Waals surface area contributed by atoms with Crippen molar-refractivity contribution < 1.29 is 32.6 Å². The van der Waals surface area contributed by atoms with Gasteiger partial charge < -0.3 is 15.2 Å². The molecule has 0 unspecified atom stereocenters. The number of carboxylic acid groups (broad SMARTS) is 1. The van der Waals surface area contributed by atoms with Gasteiger partial charge in [0, 0.05) is 5.56 Å². The molecule has 116 valence electrons. The van der Waals surface area contributed by atoms with Crippen LogP contribution >= 0.6 is 0 Å². The van der Waals surface area contributed by atoms with Crippen LogP contribution in [-0.2, 0) is 4.79 Å². The number of halogens is 3. The number of aliphatic carboxylic acids is 1. The van der Waals surface area contributed by atoms with E-state index in [-0.39, 0.29) is 12.0 Å². The Hall–Kier alpha value is -2.25. The highest BCUT2D eigenvalue weighted by Crippen LogP contribution is 2.22. The van der Waals surface area contributed by atoms with E-state index >= 15 is 0 Å². The number of carbonyl (C=O) groups excluding carboxylic acids is 1. The molecule has 1 aromatic rings. The van der Waals surface area contributed by atoms with Gasteiger partial charge in [0.15, 0.2) is 0 Å². The van der Waals surface area contributed by atoms with E-state index in [1.54, 1.807) is 6.92 Å². The van der Waals surface area contributed by atoms with Crippen molar-refractivity contribution in [3.8, 4) is 5.75 Å². The molecule has 0 aromatic heterocycles. The van der Waals surface area contributed by atoms with Gasteiger partial charge in [0.2, 0.25) is 0 Å². The van der Waals surface area contributed by atoms with E-state index in [0.29, 0.717) is 6.42 Å². The Kier molecular flexibility index (Phi) is 5.57. The molecule has 0 saturated heterocycles. The van der Waals surface area contributed by atoms with Crippen LogP contribution in [0.1, 0.15) is 30.1 Å². The molecule has 0 aliphatic rings. The SMILES string of the molecule is CCC[C@@H](NC(=O)c1ccc(OC(F)(F)F)cc1)C(=O)O. The van der Waals surface area contributed by atoms with Crippen molar-refractivity contribution in [2.24, 2.45) is 0 Å². The molecule has 1 aromatic carbocycles. The van der Waals surface area contributed by atoms with E-state index in [9.17, 15) is 22.8 Å². The lowest BCUT2D eigenvalue weighted by Crippen LogP contribution is -2.40. The third-order valence-corrected chi connectivity index (χ3v) is 2.53. The second-order valence-electron chi connectivity index (χ2n) is 4.23. The first-order valence-electron chi connectivity index (χ1n) is 6.12. The lowest BCUT2D eigenvalue weighted by atomic mass is 10.1. The summed E-state index contributed by atoms with van der Waals surface area (Å²) in [4.78, 5) is 22.7. The number of carboxylic acids is 1. The highest BCUT2D eigenvalue weighted by atomic mass is 19.4. The molecule has 0 aliphatic carbocycles. The molecule has 0 heterocycles. The molecule has 0 bridgehead atoms. The summed E-state index contributed by atoms with van der Waals surface area (Å²) in [7, 11) is 0. The minimum Gasteiger partial charge on any atom is -0.480 e. The maximum atomic E-state index is 12.0. The average Bonchev–Trinajstić information content (AvgIpc) is 2.36. The van der Waals surface area contributed by atoms with Crippen molar-refractivity contribution in [2.75, 3.05) is 0 Å². The van der Waals surface area contributed by atoms with Crippen molar-refractivity contribution in [3.05, 3.63) is 29.8 Å². The Bertz CT molecular complexity index is 499. The van der Waals surface area contributed by atoms with Crippen LogP contribution in [0.2, 0.25) is 0 Å². The summed E-state index contributed by atoms with van der Waals surface area (Å²) in [6.45, 7) is 1.77. The quantitative estimate of drug-likeness (QED) is 0.847. The van der Waals surface area contributed by atoms with Crippen molar-refractivity contribution in [2.45, 2.75) is 32.2 Å². The summed E-state index contributed by atoms with van der Waals surface area (Å²) in [5.74, 6) is -2.29. The van der Waals surface area contributed by atoms with Crippen molar-refractivity contribution in [3.63, 3.8) is 0 Å². The van der Waals surface area contributed by atoms with E-state index < -0.39 is 30.0 Å². The van der Waals surface area contributed by atoms with Gasteiger partial charge in [-0.15, -0.1) is 13.2 Å². The maximum Gasteiger partial charge on any atom is 0.573 e. The van der Waals surface area contributed by atoms with E-state index in [0.717, 1.165) is 24.3 Å². The molecular formula is C13H14F3NO4. The Morgan fingerprint density at radius 2 is 1.86 bits per heavy atom. The fourth-order valence-corrected chi connectivity index (χ4v) is 1.60. The first-order chi connectivity index (χ1) is 9.73. The monoisotopic (exact) mass is 305 g/mol. The molecule has 1 amide bonds. The Balaban J connectivity index is 2.72. The van der Waals surface area contributed by atoms with Crippen molar-refractivity contribution >= 4 is 11.9 Å². The summed E-state index contributed by atoms with van der Waals surface area (Å²) < 4.78 is 39.6. The second kappa shape index (κ2) is 6.96. The van der Waals surface area contributed by atoms with Crippen LogP contribution in [0.4, 0.5) is 13.2 Å². The van der Waals surface area contributed by atoms with Crippen LogP contribution in [0.25, 0.3) is 0 Å². The summed E-state index contributed by atoms with van der Waals surface area (Å²) in [5.41, 5.74) is 0.0480. The normalized spacial score (nSPS) is 12.6. The zero-order chi connectivity index (χ0) is 16.0. The number of carbonyl (C=O) groups is 2. The lowest BCUT2D eigenvalue weighted by molar-refractivity contribution is -0.274. The minimum absolute atomic E-state index is 0.0480. The second-order valence-corrected chi connectivity index (χ2v) is 4.23. The molecule has 21 heavy (non-hydrogen) atoms. The number of rotatable bonds is 6. The lowest BCUT2D eigenvalue weighted by Gasteiger charge is -2.14. The molecule has 1 rings (SSSR count). The topological polar surface area (TPSA) is 75.6 Å². The Morgan fingerprint density at radius 1 is 1.29 bits per heavy atom. The fraction of sp³-hybridized carbons (Fsp3) is 0.385. The first-order valence-corrected chi connectivity index (χ1v) is 6.12. The van der Waals surface area contributed by atoms with Gasteiger partial charge in [0.25, 0.3) is 5.91 Å². The first kappa shape index (κ1) is 16.8. The number of ether oxygens (including phenoxy) is 1. The summed E-state index contributed by atoms with van der Waals surface area (Å²) in [6, 6.07) is 3.19. The molecule has 0 spiro atoms. The van der Waals surface area contributed by atoms with Crippen LogP contribution < -0.4 is 10.1 Å². The van der Waals surface area contributed by atoms with Gasteiger partial charge in [-0.2, -0.15) is 0 Å². The van der Waals surface area contributed by atoms with Crippen molar-refractivity contribution in [1.29, 1.82) is 0 Å². The van der Waals surface area contributed by atoms with Gasteiger partial charge in [0.1, 0.15) is 11.8 Å². The van der Waals surface area contributed by atoms with Gasteiger partial charge in [-0.25, -0.2) is 4.79 Å². The third kappa shape index (κ3) is 5.72. The molecule has 0 radical (unpaired) electrons. The van der Waals surface area contributed by atoms with Crippen LogP contribution in [0.3, 0.4) is 0 Å². The van der Waals surface area contributed by atoms with Crippen LogP contribution in [0.15, 0.2) is 24.3 Å². The zero-order valence-electron chi connectivity index (χ0n) is 11.1. The number of nitrogens with one attached hydrogen (secondary N) is 1. The smallest absolute Gasteiger partial charge is 0.480 e. The molecule has 0 saturated carbocycles. The highest BCUT2D eigenvalue weighted by molar-refractivity contribution is 5.96. The van der Waals surface area contributed by atoms with E-state index in [1.165, 1.54) is 0 Å². The van der Waals surface area contributed by atoms with Gasteiger partial charge in [-0.05, 0) is 30.7 Å². The van der Waals surface area contributed by atoms with E-state index in [4.69, 9.17) is 5.11 Å². The molecule has 0 aliphatic heterocycles. The highest BCUT2D eigenvalue weighted by Gasteiger charge is 2.31. The summed E-state index contributed by atoms with van der Waals surface area (Å²) >= 11 is 0. The number of alkyl halides is 3. The minimum atomic E-state index is -4.81. The number of hydrogen-bond donors (Lipinski definition) is 2. The van der Waals surface area contributed by atoms with Gasteiger partial charge >= 0.3 is 12.3 Å². The molecular weight excluding hydrogens is 291 g/mol. The Labute approximate surface area is 118 Å². The van der Waals surface area contributed by atoms with Gasteiger partial charge in [0.05, 0.1) is 0 Å². The van der Waals surface area contributed by atoms with Crippen LogP contribution in [0, 0.1) is 0 Å². The predicted octanol–water partition coefficient (Wildman–Crippen LogP) is 2.57. The maximum absolute atomic E-state index is 12.0. The number of benzene rings is 1. The molecule has 8 heteroatoms. The van der Waals surface area contributed by atoms with Gasteiger partial charge in [-0.3, -0.25) is 4.79 Å². The molecule has 1 atom stereocenters. The summed E-state index contributed by atoms with van der Waals surface area (Å²) in [6.07, 6.45) is -3.98. The summed E-state index contributed by atoms with van der Waals surface area (Å²) in [5, 5.41) is 11.2. The Morgan fingerprint density at radius 3 is 2.29 bits per heavy atom. The van der Waals surface area contributed by atoms with Crippen molar-refractivity contribution in [1.82, 2.24) is 5.32 Å². The van der Waals surface area contributed by atoms with Crippen LogP contribution in [0.5, 0.6) is 5.75 Å². The zero-order valence-corrected chi connectivity index (χ0v) is 11.1. The molecule has 2 N–H and O–H groups in total. The average molecular weight is 305 g/mol. The number of hydrogen-bond acceptors (Lipinski definition) is 3. The fourth-order valence-electron chi connectivity index (χ4n) is 1.60. The molecule has 5 nitrogen and oxygen atoms in total. The van der Waals surface area contributed by atoms with E-state index in [1.807, 2.05) is 0 Å². The standard InChI is InChI=1S/C13H14F3NO4/c1-2-3-10(12(19)20)17-11(18)8-4-6-9(7-5-8)21-13(14,15)16/h4-7,10H,2-3H2,1H3,(H,17,18)(H,19,20)/t10-/m1/s1. The van der Waals surface area contributed by atoms with E-state index in [2.05, 4.69) is 10.1 Å². The van der Waals surface area contributed by atoms with Crippen LogP contribution in [-0.4, -0.2) is 29.4 Å². The third-order valence-electron chi connectivity index (χ3n) is 2.53. The molecule has 0 fully saturated rings. The predicted molar refractivity (Wildman–Crippen MR) is 66.9 cm³/mol. The largest absolute Gasteiger partial charge is 0.573 e. The van der Waals surface area contributed by atoms with Gasteiger partial charge in [-0.1, -0.05) is 13.3 Å². The number of amides is 1.